The number of anilines is 1. The van der Waals surface area contributed by atoms with Gasteiger partial charge in [-0.15, -0.1) is 5.06 Å². The average molecular weight is 699 g/mol. The second kappa shape index (κ2) is 24.2. The number of para-hydroxylation sites is 1. The fraction of sp³-hybridized carbons (Fsp3) is 0.432. The van der Waals surface area contributed by atoms with Crippen LogP contribution in [0.25, 0.3) is 0 Å². The molecule has 2 fully saturated rings. The van der Waals surface area contributed by atoms with Crippen molar-refractivity contribution in [3.63, 3.8) is 0 Å². The second-order valence-electron chi connectivity index (χ2n) is 13.2. The van der Waals surface area contributed by atoms with Crippen LogP contribution < -0.4 is 28.9 Å². The first-order chi connectivity index (χ1) is 24.6. The number of fused-ring (bicyclic) bond motifs is 1. The number of carbonyl (C=O) groups excluding carboxylic acids is 1. The van der Waals surface area contributed by atoms with E-state index in [0.29, 0.717) is 11.7 Å². The monoisotopic (exact) mass is 698 g/mol. The third kappa shape index (κ3) is 13.7. The Balaban J connectivity index is 0.000000191. The van der Waals surface area contributed by atoms with Gasteiger partial charge in [0.05, 0.1) is 11.7 Å². The molecule has 0 aliphatic carbocycles. The van der Waals surface area contributed by atoms with E-state index in [1.807, 2.05) is 48.5 Å². The van der Waals surface area contributed by atoms with Crippen LogP contribution >= 0.6 is 0 Å². The number of nitrogens with zero attached hydrogens (tertiary/aromatic N) is 2. The van der Waals surface area contributed by atoms with E-state index in [0.717, 1.165) is 25.9 Å². The minimum Gasteiger partial charge on any atom is -0.405 e. The standard InChI is InChI=1S/C15H24OSi.C12H15NO2.C11H15N.C6H5.Li/c1-4-7-11-14-13-10-8-9-12-15(13)17(5-2,6-3)16-14;14-12(11-7-3-1-4-8-11)15-13-9-5-2-6-10-13;1-3-7-11(8-4-1)12-9-5-2-6-10-12;1-2-4-6-5-3-1;/h8-10,12,14H,4-7,11H2,1-3H3;1,3-4,7-8H,2,5-6,9-10H2;1,3-4,7-8H,2,5-6,9-10H2;1-5H;/q;;;-1;+1. The van der Waals surface area contributed by atoms with Gasteiger partial charge in [-0.25, -0.2) is 4.79 Å². The van der Waals surface area contributed by atoms with Gasteiger partial charge in [0.2, 0.25) is 8.32 Å². The molecule has 3 aliphatic rings. The van der Waals surface area contributed by atoms with Crippen molar-refractivity contribution in [2.45, 2.75) is 96.8 Å². The van der Waals surface area contributed by atoms with E-state index in [1.54, 1.807) is 22.4 Å². The number of benzene rings is 4. The van der Waals surface area contributed by atoms with E-state index in [9.17, 15) is 4.79 Å². The molecule has 1 atom stereocenters. The summed E-state index contributed by atoms with van der Waals surface area (Å²) < 4.78 is 6.56. The molecule has 3 aliphatic heterocycles. The molecule has 2 saturated heterocycles. The zero-order valence-electron chi connectivity index (χ0n) is 31.8. The van der Waals surface area contributed by atoms with E-state index in [1.165, 1.54) is 81.4 Å². The van der Waals surface area contributed by atoms with Crippen LogP contribution in [0.1, 0.15) is 101 Å². The maximum Gasteiger partial charge on any atom is 1.00 e. The zero-order chi connectivity index (χ0) is 35.3. The van der Waals surface area contributed by atoms with Gasteiger partial charge in [0.15, 0.2) is 0 Å². The topological polar surface area (TPSA) is 42.0 Å². The van der Waals surface area contributed by atoms with Gasteiger partial charge in [-0.05, 0) is 85.6 Å². The van der Waals surface area contributed by atoms with E-state index in [2.05, 4.69) is 86.3 Å². The molecule has 0 radical (unpaired) electrons. The maximum atomic E-state index is 11.6. The van der Waals surface area contributed by atoms with Crippen LogP contribution in [0, 0.1) is 6.07 Å². The molecule has 0 saturated carbocycles. The molecule has 7 heteroatoms. The first kappa shape index (κ1) is 42.3. The molecule has 0 amide bonds. The largest absolute Gasteiger partial charge is 1.00 e. The van der Waals surface area contributed by atoms with Gasteiger partial charge in [0, 0.05) is 31.9 Å². The molecule has 3 heterocycles. The summed E-state index contributed by atoms with van der Waals surface area (Å²) in [7, 11) is -1.61. The van der Waals surface area contributed by atoms with Gasteiger partial charge >= 0.3 is 24.8 Å². The number of carbonyl (C=O) groups is 1. The summed E-state index contributed by atoms with van der Waals surface area (Å²) in [5.41, 5.74) is 3.50. The molecule has 0 spiro atoms. The predicted molar refractivity (Wildman–Crippen MR) is 211 cm³/mol. The van der Waals surface area contributed by atoms with Crippen molar-refractivity contribution in [3.8, 4) is 0 Å². The maximum absolute atomic E-state index is 11.6. The number of hydrogen-bond acceptors (Lipinski definition) is 5. The van der Waals surface area contributed by atoms with Gasteiger partial charge in [-0.3, -0.25) is 0 Å². The summed E-state index contributed by atoms with van der Waals surface area (Å²) in [4.78, 5) is 19.4. The second-order valence-corrected chi connectivity index (χ2v) is 17.4. The third-order valence-electron chi connectivity index (χ3n) is 9.75. The first-order valence-corrected chi connectivity index (χ1v) is 21.4. The molecule has 51 heavy (non-hydrogen) atoms. The van der Waals surface area contributed by atoms with Crippen LogP contribution in [0.3, 0.4) is 0 Å². The van der Waals surface area contributed by atoms with Crippen LogP contribution in [-0.2, 0) is 9.26 Å². The molecule has 7 rings (SSSR count). The first-order valence-electron chi connectivity index (χ1n) is 19.1. The Morgan fingerprint density at radius 1 is 0.725 bits per heavy atom. The minimum atomic E-state index is -1.61. The van der Waals surface area contributed by atoms with Crippen molar-refractivity contribution in [2.75, 3.05) is 31.1 Å². The average Bonchev–Trinajstić information content (AvgIpc) is 3.53. The Hall–Kier alpha value is -3.12. The van der Waals surface area contributed by atoms with Crippen molar-refractivity contribution < 1.29 is 32.9 Å². The number of hydroxylamine groups is 2. The van der Waals surface area contributed by atoms with E-state index >= 15 is 0 Å². The van der Waals surface area contributed by atoms with Gasteiger partial charge in [0.1, 0.15) is 0 Å². The molecule has 4 aromatic rings. The Morgan fingerprint density at radius 3 is 1.82 bits per heavy atom. The van der Waals surface area contributed by atoms with Gasteiger partial charge in [-0.1, -0.05) is 101 Å². The van der Waals surface area contributed by atoms with Crippen LogP contribution in [0.2, 0.25) is 12.1 Å². The van der Waals surface area contributed by atoms with Crippen molar-refractivity contribution in [1.29, 1.82) is 0 Å². The molecule has 0 bridgehead atoms. The smallest absolute Gasteiger partial charge is 0.405 e. The summed E-state index contributed by atoms with van der Waals surface area (Å²) in [6, 6.07) is 43.7. The van der Waals surface area contributed by atoms with Crippen LogP contribution in [-0.4, -0.2) is 45.5 Å². The van der Waals surface area contributed by atoms with Crippen LogP contribution in [0.15, 0.2) is 115 Å². The van der Waals surface area contributed by atoms with Crippen molar-refractivity contribution in [1.82, 2.24) is 5.06 Å². The van der Waals surface area contributed by atoms with Gasteiger partial charge in [-0.2, -0.15) is 36.4 Å². The van der Waals surface area contributed by atoms with E-state index in [-0.39, 0.29) is 24.8 Å². The van der Waals surface area contributed by atoms with Crippen molar-refractivity contribution in [2.24, 2.45) is 0 Å². The molecule has 268 valence electrons. The zero-order valence-corrected chi connectivity index (χ0v) is 32.8. The summed E-state index contributed by atoms with van der Waals surface area (Å²) in [5.74, 6) is -0.252. The number of piperidine rings is 2. The van der Waals surface area contributed by atoms with Gasteiger partial charge < -0.3 is 14.2 Å². The Labute approximate surface area is 322 Å². The van der Waals surface area contributed by atoms with Crippen LogP contribution in [0.5, 0.6) is 0 Å². The summed E-state index contributed by atoms with van der Waals surface area (Å²) in [6.07, 6.45) is 11.7. The number of hydrogen-bond donors (Lipinski definition) is 0. The molecule has 5 nitrogen and oxygen atoms in total. The molecule has 1 unspecified atom stereocenters. The minimum absolute atomic E-state index is 0. The fourth-order valence-electron chi connectivity index (χ4n) is 6.83. The molecular weight excluding hydrogens is 640 g/mol. The van der Waals surface area contributed by atoms with Gasteiger partial charge in [0.25, 0.3) is 0 Å². The number of rotatable bonds is 8. The van der Waals surface area contributed by atoms with Crippen molar-refractivity contribution in [3.05, 3.63) is 132 Å². The van der Waals surface area contributed by atoms with E-state index < -0.39 is 8.32 Å². The summed E-state index contributed by atoms with van der Waals surface area (Å²) >= 11 is 0. The summed E-state index contributed by atoms with van der Waals surface area (Å²) in [5, 5.41) is 3.34. The fourth-order valence-corrected chi connectivity index (χ4v) is 10.5. The third-order valence-corrected chi connectivity index (χ3v) is 14.2. The van der Waals surface area contributed by atoms with E-state index in [4.69, 9.17) is 9.26 Å². The molecule has 0 aromatic heterocycles. The normalized spacial score (nSPS) is 17.4. The molecular formula is C44H59LiN2O3Si. The Bertz CT molecular complexity index is 1440. The number of unbranched alkanes of at least 4 members (excludes halogenated alkanes) is 1. The Morgan fingerprint density at radius 2 is 1.27 bits per heavy atom. The quantitative estimate of drug-likeness (QED) is 0.141. The summed E-state index contributed by atoms with van der Waals surface area (Å²) in [6.45, 7) is 11.1. The van der Waals surface area contributed by atoms with Crippen molar-refractivity contribution >= 4 is 25.2 Å². The Kier molecular flexibility index (Phi) is 20.1. The SMILES string of the molecule is CCCCC1O[Si](CC)(CC)c2ccccc21.O=C(ON1CCCCC1)c1ccccc1.[Li+].[c-]1ccccc1.c1ccc(N2CCCCC2)cc1. The predicted octanol–water partition coefficient (Wildman–Crippen LogP) is 7.55. The van der Waals surface area contributed by atoms with Crippen LogP contribution in [0.4, 0.5) is 5.69 Å². The molecule has 4 aromatic carbocycles. The molecule has 0 N–H and O–H groups in total.